The van der Waals surface area contributed by atoms with Gasteiger partial charge in [0.1, 0.15) is 11.6 Å². The van der Waals surface area contributed by atoms with Crippen molar-refractivity contribution in [2.75, 3.05) is 11.9 Å². The Kier molecular flexibility index (Phi) is 4.17. The molecule has 0 amide bonds. The third kappa shape index (κ3) is 3.19. The number of hydrogen-bond donors (Lipinski definition) is 1. The Morgan fingerprint density at radius 3 is 2.89 bits per heavy atom. The van der Waals surface area contributed by atoms with Crippen LogP contribution in [-0.4, -0.2) is 24.1 Å². The van der Waals surface area contributed by atoms with Crippen molar-refractivity contribution >= 4 is 5.82 Å². The van der Waals surface area contributed by atoms with Crippen molar-refractivity contribution in [1.82, 2.24) is 10.3 Å². The summed E-state index contributed by atoms with van der Waals surface area (Å²) in [5, 5.41) is 3.42. The molecule has 1 aromatic heterocycles. The van der Waals surface area contributed by atoms with Crippen molar-refractivity contribution in [1.29, 1.82) is 0 Å². The van der Waals surface area contributed by atoms with Gasteiger partial charge in [0.2, 0.25) is 0 Å². The predicted molar refractivity (Wildman–Crippen MR) is 72.2 cm³/mol. The zero-order valence-electron chi connectivity index (χ0n) is 11.4. The molecule has 0 radical (unpaired) electrons. The number of nitrogens with zero attached hydrogens (tertiary/aromatic N) is 2. The molecule has 100 valence electrons. The molecule has 1 N–H and O–H groups in total. The van der Waals surface area contributed by atoms with Crippen molar-refractivity contribution in [2.45, 2.75) is 51.7 Å². The van der Waals surface area contributed by atoms with E-state index in [1.54, 1.807) is 6.07 Å². The maximum atomic E-state index is 13.3. The zero-order valence-corrected chi connectivity index (χ0v) is 11.4. The highest BCUT2D eigenvalue weighted by Crippen LogP contribution is 2.23. The van der Waals surface area contributed by atoms with Crippen molar-refractivity contribution in [3.8, 4) is 0 Å². The highest BCUT2D eigenvalue weighted by molar-refractivity contribution is 5.47. The van der Waals surface area contributed by atoms with Crippen molar-refractivity contribution in [3.05, 3.63) is 23.6 Å². The molecule has 0 bridgehead atoms. The lowest BCUT2D eigenvalue weighted by Crippen LogP contribution is -2.30. The summed E-state index contributed by atoms with van der Waals surface area (Å²) < 4.78 is 13.3. The minimum atomic E-state index is -0.260. The molecular weight excluding hydrogens is 229 g/mol. The van der Waals surface area contributed by atoms with Crippen LogP contribution in [0.5, 0.6) is 0 Å². The van der Waals surface area contributed by atoms with Gasteiger partial charge in [-0.15, -0.1) is 0 Å². The van der Waals surface area contributed by atoms with Crippen LogP contribution in [0.4, 0.5) is 10.2 Å². The van der Waals surface area contributed by atoms with E-state index >= 15 is 0 Å². The third-order valence-electron chi connectivity index (χ3n) is 3.65. The van der Waals surface area contributed by atoms with Crippen LogP contribution in [0.3, 0.4) is 0 Å². The lowest BCUT2D eigenvalue weighted by Gasteiger charge is -2.27. The van der Waals surface area contributed by atoms with Crippen LogP contribution in [-0.2, 0) is 6.54 Å². The van der Waals surface area contributed by atoms with Gasteiger partial charge in [0, 0.05) is 31.2 Å². The van der Waals surface area contributed by atoms with E-state index in [1.165, 1.54) is 19.0 Å². The van der Waals surface area contributed by atoms with E-state index < -0.39 is 0 Å². The summed E-state index contributed by atoms with van der Waals surface area (Å²) in [4.78, 5) is 6.38. The van der Waals surface area contributed by atoms with Crippen LogP contribution in [0.15, 0.2) is 12.3 Å². The van der Waals surface area contributed by atoms with E-state index in [0.29, 0.717) is 18.6 Å². The molecule has 3 nitrogen and oxygen atoms in total. The maximum Gasteiger partial charge on any atom is 0.141 e. The quantitative estimate of drug-likeness (QED) is 0.842. The molecule has 4 heteroatoms. The Morgan fingerprint density at radius 1 is 1.56 bits per heavy atom. The van der Waals surface area contributed by atoms with Gasteiger partial charge in [0.15, 0.2) is 0 Å². The van der Waals surface area contributed by atoms with E-state index in [4.69, 9.17) is 0 Å². The number of aromatic nitrogens is 1. The topological polar surface area (TPSA) is 28.2 Å². The van der Waals surface area contributed by atoms with Crippen molar-refractivity contribution in [3.63, 3.8) is 0 Å². The van der Waals surface area contributed by atoms with E-state index in [9.17, 15) is 4.39 Å². The average Bonchev–Trinajstić information content (AvgIpc) is 3.18. The summed E-state index contributed by atoms with van der Waals surface area (Å²) in [6.45, 7) is 5.00. The van der Waals surface area contributed by atoms with Gasteiger partial charge in [0.25, 0.3) is 0 Å². The normalized spacial score (nSPS) is 16.7. The predicted octanol–water partition coefficient (Wildman–Crippen LogP) is 2.71. The summed E-state index contributed by atoms with van der Waals surface area (Å²) in [5.74, 6) is 0.628. The lowest BCUT2D eigenvalue weighted by molar-refractivity contribution is 0.603. The van der Waals surface area contributed by atoms with Crippen molar-refractivity contribution in [2.24, 2.45) is 0 Å². The minimum absolute atomic E-state index is 0.260. The van der Waals surface area contributed by atoms with Gasteiger partial charge in [-0.05, 0) is 32.3 Å². The van der Waals surface area contributed by atoms with E-state index in [0.717, 1.165) is 17.8 Å². The molecule has 0 aromatic carbocycles. The number of halogens is 1. The summed E-state index contributed by atoms with van der Waals surface area (Å²) >= 11 is 0. The molecule has 1 atom stereocenters. The molecule has 1 aliphatic rings. The van der Waals surface area contributed by atoms with Crippen LogP contribution in [0.2, 0.25) is 0 Å². The summed E-state index contributed by atoms with van der Waals surface area (Å²) in [6, 6.07) is 2.62. The first-order chi connectivity index (χ1) is 8.61. The van der Waals surface area contributed by atoms with Crippen LogP contribution >= 0.6 is 0 Å². The molecule has 1 aliphatic carbocycles. The van der Waals surface area contributed by atoms with Gasteiger partial charge >= 0.3 is 0 Å². The first kappa shape index (κ1) is 13.3. The number of nitrogens with one attached hydrogen (secondary N) is 1. The molecular formula is C14H22FN3. The molecule has 1 heterocycles. The van der Waals surface area contributed by atoms with E-state index in [1.807, 2.05) is 7.05 Å². The fourth-order valence-corrected chi connectivity index (χ4v) is 1.95. The van der Waals surface area contributed by atoms with Crippen LogP contribution < -0.4 is 10.2 Å². The molecule has 0 aliphatic heterocycles. The number of pyridine rings is 1. The number of rotatable bonds is 6. The van der Waals surface area contributed by atoms with Crippen LogP contribution in [0, 0.1) is 5.82 Å². The Labute approximate surface area is 108 Å². The number of hydrogen-bond acceptors (Lipinski definition) is 3. The van der Waals surface area contributed by atoms with Gasteiger partial charge in [-0.3, -0.25) is 0 Å². The largest absolute Gasteiger partial charge is 0.357 e. The molecule has 0 saturated heterocycles. The van der Waals surface area contributed by atoms with Gasteiger partial charge in [-0.1, -0.05) is 6.92 Å². The maximum absolute atomic E-state index is 13.3. The Hall–Kier alpha value is -1.16. The monoisotopic (exact) mass is 251 g/mol. The van der Waals surface area contributed by atoms with Gasteiger partial charge in [-0.25, -0.2) is 9.37 Å². The average molecular weight is 251 g/mol. The van der Waals surface area contributed by atoms with Crippen molar-refractivity contribution < 1.29 is 4.39 Å². The Morgan fingerprint density at radius 2 is 2.28 bits per heavy atom. The second-order valence-electron chi connectivity index (χ2n) is 5.16. The second-order valence-corrected chi connectivity index (χ2v) is 5.16. The summed E-state index contributed by atoms with van der Waals surface area (Å²) in [7, 11) is 2.02. The molecule has 2 rings (SSSR count). The smallest absolute Gasteiger partial charge is 0.141 e. The van der Waals surface area contributed by atoms with Gasteiger partial charge < -0.3 is 10.2 Å². The second kappa shape index (κ2) is 5.65. The molecule has 1 aromatic rings. The standard InChI is InChI=1S/C14H22FN3/c1-4-10(2)18(3)14-11(7-12(15)9-17-14)8-16-13-5-6-13/h7,9-10,13,16H,4-6,8H2,1-3H3. The first-order valence-corrected chi connectivity index (χ1v) is 6.72. The minimum Gasteiger partial charge on any atom is -0.357 e. The molecule has 18 heavy (non-hydrogen) atoms. The van der Waals surface area contributed by atoms with E-state index in [2.05, 4.69) is 29.0 Å². The van der Waals surface area contributed by atoms with Gasteiger partial charge in [0.05, 0.1) is 6.20 Å². The summed E-state index contributed by atoms with van der Waals surface area (Å²) in [5.41, 5.74) is 0.949. The third-order valence-corrected chi connectivity index (χ3v) is 3.65. The first-order valence-electron chi connectivity index (χ1n) is 6.72. The number of anilines is 1. The van der Waals surface area contributed by atoms with E-state index in [-0.39, 0.29) is 5.82 Å². The SMILES string of the molecule is CCC(C)N(C)c1ncc(F)cc1CNC1CC1. The van der Waals surface area contributed by atoms with Gasteiger partial charge in [-0.2, -0.15) is 0 Å². The highest BCUT2D eigenvalue weighted by Gasteiger charge is 2.21. The zero-order chi connectivity index (χ0) is 13.1. The molecule has 0 spiro atoms. The summed E-state index contributed by atoms with van der Waals surface area (Å²) in [6.07, 6.45) is 4.82. The van der Waals surface area contributed by atoms with Crippen LogP contribution in [0.1, 0.15) is 38.7 Å². The molecule has 1 fully saturated rings. The fourth-order valence-electron chi connectivity index (χ4n) is 1.95. The molecule has 1 unspecified atom stereocenters. The highest BCUT2D eigenvalue weighted by atomic mass is 19.1. The Bertz CT molecular complexity index is 404. The Balaban J connectivity index is 2.15. The van der Waals surface area contributed by atoms with Crippen LogP contribution in [0.25, 0.3) is 0 Å². The molecule has 1 saturated carbocycles. The lowest BCUT2D eigenvalue weighted by atomic mass is 10.2. The fraction of sp³-hybridized carbons (Fsp3) is 0.643.